The molecule has 0 radical (unpaired) electrons. The van der Waals surface area contributed by atoms with Gasteiger partial charge in [-0.1, -0.05) is 22.9 Å². The number of nitrogens with zero attached hydrogens (tertiary/aromatic N) is 5. The molecule has 8 nitrogen and oxygen atoms in total. The van der Waals surface area contributed by atoms with Crippen LogP contribution in [0.2, 0.25) is 5.02 Å². The maximum atomic E-state index is 12.9. The maximum absolute atomic E-state index is 12.9. The lowest BCUT2D eigenvalue weighted by molar-refractivity contribution is -0.117. The van der Waals surface area contributed by atoms with Gasteiger partial charge in [0, 0.05) is 55.7 Å². The van der Waals surface area contributed by atoms with Crippen LogP contribution in [0.5, 0.6) is 0 Å². The smallest absolute Gasteiger partial charge is 0.238 e. The van der Waals surface area contributed by atoms with Crippen LogP contribution in [0.15, 0.2) is 42.7 Å². The summed E-state index contributed by atoms with van der Waals surface area (Å²) in [4.78, 5) is 34.3. The van der Waals surface area contributed by atoms with Gasteiger partial charge in [0.15, 0.2) is 5.78 Å². The first-order chi connectivity index (χ1) is 16.5. The fourth-order valence-electron chi connectivity index (χ4n) is 4.08. The summed E-state index contributed by atoms with van der Waals surface area (Å²) < 4.78 is 0. The lowest BCUT2D eigenvalue weighted by Crippen LogP contribution is -2.49. The first-order valence-electron chi connectivity index (χ1n) is 11.4. The molecule has 0 atom stereocenters. The van der Waals surface area contributed by atoms with Gasteiger partial charge in [-0.2, -0.15) is 0 Å². The van der Waals surface area contributed by atoms with Gasteiger partial charge in [-0.15, -0.1) is 10.2 Å². The molecule has 1 saturated heterocycles. The minimum atomic E-state index is -0.128. The number of nitrogens with one attached hydrogen (secondary N) is 1. The molecule has 1 N–H and O–H groups in total. The quantitative estimate of drug-likeness (QED) is 0.478. The number of carbonyl (C=O) groups excluding carboxylic acids is 2. The van der Waals surface area contributed by atoms with Crippen LogP contribution in [0.4, 0.5) is 5.69 Å². The Labute approximate surface area is 207 Å². The molecule has 176 valence electrons. The van der Waals surface area contributed by atoms with Crippen molar-refractivity contribution in [3.63, 3.8) is 0 Å². The van der Waals surface area contributed by atoms with E-state index in [2.05, 4.69) is 30.3 Å². The summed E-state index contributed by atoms with van der Waals surface area (Å²) in [6.07, 6.45) is 6.14. The number of aromatic nitrogens is 3. The molecule has 1 saturated carbocycles. The molecule has 0 bridgehead atoms. The zero-order valence-corrected chi connectivity index (χ0v) is 20.2. The highest BCUT2D eigenvalue weighted by Gasteiger charge is 2.31. The Balaban J connectivity index is 1.18. The molecule has 10 heteroatoms. The second-order valence-corrected chi connectivity index (χ2v) is 10.1. The van der Waals surface area contributed by atoms with Crippen molar-refractivity contribution in [1.82, 2.24) is 25.0 Å². The van der Waals surface area contributed by atoms with Gasteiger partial charge in [0.25, 0.3) is 0 Å². The predicted octanol–water partition coefficient (Wildman–Crippen LogP) is 3.40. The summed E-state index contributed by atoms with van der Waals surface area (Å²) in [5.74, 6) is -0.242. The highest BCUT2D eigenvalue weighted by Crippen LogP contribution is 2.28. The zero-order chi connectivity index (χ0) is 23.5. The molecular weight excluding hydrogens is 472 g/mol. The number of amides is 1. The summed E-state index contributed by atoms with van der Waals surface area (Å²) >= 11 is 7.67. The molecule has 1 aliphatic heterocycles. The summed E-state index contributed by atoms with van der Waals surface area (Å²) in [6.45, 7) is 4.11. The average molecular weight is 497 g/mol. The normalized spacial score (nSPS) is 17.0. The van der Waals surface area contributed by atoms with E-state index in [1.165, 1.54) is 24.2 Å². The van der Waals surface area contributed by atoms with Crippen molar-refractivity contribution < 1.29 is 9.59 Å². The third-order valence-electron chi connectivity index (χ3n) is 6.09. The number of anilines is 1. The Morgan fingerprint density at radius 1 is 1.12 bits per heavy atom. The van der Waals surface area contributed by atoms with E-state index in [0.717, 1.165) is 42.8 Å². The molecule has 2 fully saturated rings. The zero-order valence-electron chi connectivity index (χ0n) is 18.6. The number of carbonyl (C=O) groups is 2. The van der Waals surface area contributed by atoms with Crippen molar-refractivity contribution in [2.75, 3.05) is 38.0 Å². The average Bonchev–Trinajstić information content (AvgIpc) is 3.60. The van der Waals surface area contributed by atoms with Gasteiger partial charge < -0.3 is 5.32 Å². The Morgan fingerprint density at radius 2 is 1.94 bits per heavy atom. The summed E-state index contributed by atoms with van der Waals surface area (Å²) in [7, 11) is 0. The van der Waals surface area contributed by atoms with E-state index in [1.807, 2.05) is 12.1 Å². The lowest BCUT2D eigenvalue weighted by Gasteiger charge is -2.34. The molecule has 1 aliphatic carbocycles. The fraction of sp³-hybridized carbons (Fsp3) is 0.375. The lowest BCUT2D eigenvalue weighted by atomic mass is 10.1. The molecule has 0 unspecified atom stereocenters. The van der Waals surface area contributed by atoms with Gasteiger partial charge in [-0.25, -0.2) is 0 Å². The number of Topliss-reactive ketones (excluding diaryl/α,β-unsaturated/α-hetero) is 1. The number of hydrogen-bond acceptors (Lipinski definition) is 8. The molecule has 34 heavy (non-hydrogen) atoms. The molecule has 0 spiro atoms. The fourth-order valence-corrected chi connectivity index (χ4v) is 5.08. The summed E-state index contributed by atoms with van der Waals surface area (Å²) in [6, 6.07) is 9.44. The van der Waals surface area contributed by atoms with E-state index in [1.54, 1.807) is 30.6 Å². The van der Waals surface area contributed by atoms with Crippen molar-refractivity contribution in [3.8, 4) is 10.6 Å². The van der Waals surface area contributed by atoms with E-state index >= 15 is 0 Å². The number of benzene rings is 1. The number of halogens is 1. The molecule has 2 aromatic heterocycles. The summed E-state index contributed by atoms with van der Waals surface area (Å²) in [5, 5.41) is 12.9. The SMILES string of the molecule is O=C(CN1CCN(C2CC2)CC1)Nc1cc(C(=O)Cc2nnc(-c3cccnc3)s2)ccc1Cl. The molecule has 5 rings (SSSR count). The van der Waals surface area contributed by atoms with Crippen LogP contribution in [0, 0.1) is 0 Å². The molecule has 1 amide bonds. The molecule has 1 aromatic carbocycles. The van der Waals surface area contributed by atoms with Gasteiger partial charge in [0.1, 0.15) is 10.0 Å². The van der Waals surface area contributed by atoms with Gasteiger partial charge in [-0.3, -0.25) is 24.4 Å². The van der Waals surface area contributed by atoms with Crippen molar-refractivity contribution in [1.29, 1.82) is 0 Å². The third-order valence-corrected chi connectivity index (χ3v) is 7.39. The predicted molar refractivity (Wildman–Crippen MR) is 132 cm³/mol. The highest BCUT2D eigenvalue weighted by atomic mass is 35.5. The Morgan fingerprint density at radius 3 is 2.68 bits per heavy atom. The molecule has 3 aromatic rings. The van der Waals surface area contributed by atoms with E-state index in [4.69, 9.17) is 11.6 Å². The first kappa shape index (κ1) is 23.0. The van der Waals surface area contributed by atoms with Gasteiger partial charge in [0.2, 0.25) is 5.91 Å². The minimum absolute atomic E-state index is 0.114. The number of rotatable bonds is 8. The monoisotopic (exact) mass is 496 g/mol. The number of pyridine rings is 1. The van der Waals surface area contributed by atoms with Crippen LogP contribution < -0.4 is 5.32 Å². The van der Waals surface area contributed by atoms with E-state index in [9.17, 15) is 9.59 Å². The van der Waals surface area contributed by atoms with Gasteiger partial charge in [-0.05, 0) is 43.2 Å². The second-order valence-electron chi connectivity index (χ2n) is 8.63. The van der Waals surface area contributed by atoms with Crippen LogP contribution in [0.3, 0.4) is 0 Å². The number of hydrogen-bond donors (Lipinski definition) is 1. The maximum Gasteiger partial charge on any atom is 0.238 e. The topological polar surface area (TPSA) is 91.3 Å². The second kappa shape index (κ2) is 10.3. The van der Waals surface area contributed by atoms with Crippen molar-refractivity contribution in [3.05, 3.63) is 58.3 Å². The van der Waals surface area contributed by atoms with E-state index in [0.29, 0.717) is 27.8 Å². The van der Waals surface area contributed by atoms with Crippen LogP contribution in [-0.2, 0) is 11.2 Å². The van der Waals surface area contributed by atoms with Crippen molar-refractivity contribution >= 4 is 40.3 Å². The molecule has 3 heterocycles. The van der Waals surface area contributed by atoms with Crippen molar-refractivity contribution in [2.45, 2.75) is 25.3 Å². The van der Waals surface area contributed by atoms with Crippen LogP contribution in [0.25, 0.3) is 10.6 Å². The number of piperazine rings is 1. The minimum Gasteiger partial charge on any atom is -0.324 e. The van der Waals surface area contributed by atoms with Crippen LogP contribution >= 0.6 is 22.9 Å². The highest BCUT2D eigenvalue weighted by molar-refractivity contribution is 7.14. The van der Waals surface area contributed by atoms with Crippen molar-refractivity contribution in [2.24, 2.45) is 0 Å². The van der Waals surface area contributed by atoms with E-state index < -0.39 is 0 Å². The molecule has 2 aliphatic rings. The van der Waals surface area contributed by atoms with Crippen LogP contribution in [0.1, 0.15) is 28.2 Å². The third kappa shape index (κ3) is 5.67. The molecular formula is C24H25ClN6O2S. The number of ketones is 1. The Bertz CT molecular complexity index is 1180. The van der Waals surface area contributed by atoms with E-state index in [-0.39, 0.29) is 18.1 Å². The first-order valence-corrected chi connectivity index (χ1v) is 12.6. The van der Waals surface area contributed by atoms with Gasteiger partial charge in [0.05, 0.1) is 23.7 Å². The standard InChI is InChI=1S/C24H25ClN6O2S/c25-19-6-3-16(21(32)13-23-28-29-24(34-23)17-2-1-7-26-14-17)12-20(19)27-22(33)15-30-8-10-31(11-9-30)18-4-5-18/h1-3,6-7,12,14,18H,4-5,8-11,13,15H2,(H,27,33). The Kier molecular flexibility index (Phi) is 6.96. The Hall–Kier alpha value is -2.72. The largest absolute Gasteiger partial charge is 0.324 e. The van der Waals surface area contributed by atoms with Gasteiger partial charge >= 0.3 is 0 Å². The summed E-state index contributed by atoms with van der Waals surface area (Å²) in [5.41, 5.74) is 1.78. The van der Waals surface area contributed by atoms with Crippen LogP contribution in [-0.4, -0.2) is 75.4 Å².